The first-order valence-corrected chi connectivity index (χ1v) is 8.85. The molecule has 1 heterocycles. The lowest BCUT2D eigenvalue weighted by atomic mass is 9.95. The number of rotatable bonds is 8. The predicted molar refractivity (Wildman–Crippen MR) is 93.1 cm³/mol. The number of amides is 1. The molecule has 1 fully saturated rings. The molecule has 0 aromatic heterocycles. The molecular formula is C19H30N2O2. The molecule has 1 aliphatic rings. The number of carbonyl (C=O) groups is 1. The van der Waals surface area contributed by atoms with Crippen molar-refractivity contribution in [2.75, 3.05) is 26.2 Å². The lowest BCUT2D eigenvalue weighted by molar-refractivity contribution is -0.126. The van der Waals surface area contributed by atoms with E-state index in [1.165, 1.54) is 5.56 Å². The number of benzene rings is 1. The van der Waals surface area contributed by atoms with Crippen LogP contribution in [0, 0.1) is 12.8 Å². The molecule has 1 aromatic carbocycles. The van der Waals surface area contributed by atoms with Crippen molar-refractivity contribution in [2.24, 2.45) is 5.92 Å². The van der Waals surface area contributed by atoms with Gasteiger partial charge in [-0.1, -0.05) is 29.8 Å². The first kappa shape index (κ1) is 18.0. The van der Waals surface area contributed by atoms with Crippen LogP contribution >= 0.6 is 0 Å². The van der Waals surface area contributed by atoms with E-state index < -0.39 is 0 Å². The zero-order valence-electron chi connectivity index (χ0n) is 14.3. The number of nitrogens with one attached hydrogen (secondary N) is 1. The van der Waals surface area contributed by atoms with Crippen molar-refractivity contribution in [2.45, 2.75) is 45.6 Å². The SMILES string of the molecule is Cc1ccc(CNC(=O)C2CCN(CCCCCO)CC2)cc1. The molecule has 23 heavy (non-hydrogen) atoms. The summed E-state index contributed by atoms with van der Waals surface area (Å²) in [6.07, 6.45) is 5.05. The van der Waals surface area contributed by atoms with Crippen molar-refractivity contribution >= 4 is 5.91 Å². The number of unbranched alkanes of at least 4 members (excludes halogenated alkanes) is 2. The molecule has 4 heteroatoms. The number of likely N-dealkylation sites (tertiary alicyclic amines) is 1. The molecule has 1 amide bonds. The summed E-state index contributed by atoms with van der Waals surface area (Å²) in [6, 6.07) is 8.31. The van der Waals surface area contributed by atoms with Gasteiger partial charge >= 0.3 is 0 Å². The van der Waals surface area contributed by atoms with E-state index in [2.05, 4.69) is 41.4 Å². The first-order chi connectivity index (χ1) is 11.2. The van der Waals surface area contributed by atoms with E-state index in [1.54, 1.807) is 0 Å². The van der Waals surface area contributed by atoms with E-state index in [0.29, 0.717) is 13.2 Å². The van der Waals surface area contributed by atoms with Crippen LogP contribution in [-0.2, 0) is 11.3 Å². The van der Waals surface area contributed by atoms with Crippen LogP contribution in [0.15, 0.2) is 24.3 Å². The van der Waals surface area contributed by atoms with Crippen molar-refractivity contribution in [3.8, 4) is 0 Å². The van der Waals surface area contributed by atoms with Crippen LogP contribution in [0.4, 0.5) is 0 Å². The Morgan fingerprint density at radius 2 is 1.87 bits per heavy atom. The Labute approximate surface area is 139 Å². The van der Waals surface area contributed by atoms with E-state index in [1.807, 2.05) is 0 Å². The Hall–Kier alpha value is -1.39. The summed E-state index contributed by atoms with van der Waals surface area (Å²) >= 11 is 0. The summed E-state index contributed by atoms with van der Waals surface area (Å²) in [5.41, 5.74) is 2.40. The van der Waals surface area contributed by atoms with E-state index in [4.69, 9.17) is 5.11 Å². The molecule has 128 valence electrons. The van der Waals surface area contributed by atoms with E-state index >= 15 is 0 Å². The largest absolute Gasteiger partial charge is 0.396 e. The number of aliphatic hydroxyl groups is 1. The Morgan fingerprint density at radius 3 is 2.52 bits per heavy atom. The van der Waals surface area contributed by atoms with Gasteiger partial charge in [-0.15, -0.1) is 0 Å². The second-order valence-electron chi connectivity index (χ2n) is 6.60. The number of piperidine rings is 1. The number of nitrogens with zero attached hydrogens (tertiary/aromatic N) is 1. The first-order valence-electron chi connectivity index (χ1n) is 8.85. The number of hydrogen-bond donors (Lipinski definition) is 2. The molecule has 2 N–H and O–H groups in total. The monoisotopic (exact) mass is 318 g/mol. The van der Waals surface area contributed by atoms with Gasteiger partial charge in [0, 0.05) is 19.1 Å². The molecule has 1 aliphatic heterocycles. The van der Waals surface area contributed by atoms with Gasteiger partial charge in [-0.05, 0) is 64.2 Å². The van der Waals surface area contributed by atoms with Crippen LogP contribution in [0.25, 0.3) is 0 Å². The van der Waals surface area contributed by atoms with Crippen molar-refractivity contribution < 1.29 is 9.90 Å². The Bertz CT molecular complexity index is 465. The molecule has 2 rings (SSSR count). The van der Waals surface area contributed by atoms with Gasteiger partial charge < -0.3 is 15.3 Å². The number of aryl methyl sites for hydroxylation is 1. The van der Waals surface area contributed by atoms with Crippen LogP contribution in [0.2, 0.25) is 0 Å². The van der Waals surface area contributed by atoms with Crippen LogP contribution in [-0.4, -0.2) is 42.2 Å². The minimum absolute atomic E-state index is 0.161. The van der Waals surface area contributed by atoms with Gasteiger partial charge in [0.05, 0.1) is 0 Å². The van der Waals surface area contributed by atoms with Crippen molar-refractivity contribution in [3.63, 3.8) is 0 Å². The molecule has 0 radical (unpaired) electrons. The molecule has 4 nitrogen and oxygen atoms in total. The number of carbonyl (C=O) groups excluding carboxylic acids is 1. The maximum absolute atomic E-state index is 12.3. The highest BCUT2D eigenvalue weighted by atomic mass is 16.2. The number of aliphatic hydroxyl groups excluding tert-OH is 1. The van der Waals surface area contributed by atoms with Gasteiger partial charge in [0.25, 0.3) is 0 Å². The summed E-state index contributed by atoms with van der Waals surface area (Å²) in [7, 11) is 0. The minimum Gasteiger partial charge on any atom is -0.396 e. The minimum atomic E-state index is 0.161. The third-order valence-electron chi connectivity index (χ3n) is 4.68. The van der Waals surface area contributed by atoms with E-state index in [0.717, 1.165) is 57.3 Å². The highest BCUT2D eigenvalue weighted by Crippen LogP contribution is 2.18. The van der Waals surface area contributed by atoms with Crippen LogP contribution in [0.1, 0.15) is 43.2 Å². The van der Waals surface area contributed by atoms with E-state index in [9.17, 15) is 4.79 Å². The third kappa shape index (κ3) is 6.32. The standard InChI is InChI=1S/C19H30N2O2/c1-16-5-7-17(8-6-16)15-20-19(23)18-9-12-21(13-10-18)11-3-2-4-14-22/h5-8,18,22H,2-4,9-15H2,1H3,(H,20,23). The van der Waals surface area contributed by atoms with Gasteiger partial charge in [-0.25, -0.2) is 0 Å². The summed E-state index contributed by atoms with van der Waals surface area (Å²) in [4.78, 5) is 14.7. The fourth-order valence-corrected chi connectivity index (χ4v) is 3.08. The fourth-order valence-electron chi connectivity index (χ4n) is 3.08. The average Bonchev–Trinajstić information content (AvgIpc) is 2.58. The summed E-state index contributed by atoms with van der Waals surface area (Å²) in [5, 5.41) is 11.9. The van der Waals surface area contributed by atoms with Crippen molar-refractivity contribution in [1.29, 1.82) is 0 Å². The Balaban J connectivity index is 1.64. The molecule has 0 spiro atoms. The van der Waals surface area contributed by atoms with Gasteiger partial charge in [0.1, 0.15) is 0 Å². The highest BCUT2D eigenvalue weighted by Gasteiger charge is 2.24. The predicted octanol–water partition coefficient (Wildman–Crippen LogP) is 2.49. The molecule has 0 aliphatic carbocycles. The fraction of sp³-hybridized carbons (Fsp3) is 0.632. The van der Waals surface area contributed by atoms with Crippen molar-refractivity contribution in [3.05, 3.63) is 35.4 Å². The molecule has 0 unspecified atom stereocenters. The second kappa shape index (κ2) is 9.68. The van der Waals surface area contributed by atoms with E-state index in [-0.39, 0.29) is 11.8 Å². The molecule has 1 saturated heterocycles. The van der Waals surface area contributed by atoms with Gasteiger partial charge in [0.15, 0.2) is 0 Å². The second-order valence-corrected chi connectivity index (χ2v) is 6.60. The summed E-state index contributed by atoms with van der Waals surface area (Å²) in [6.45, 7) is 6.12. The molecule has 0 saturated carbocycles. The third-order valence-corrected chi connectivity index (χ3v) is 4.68. The summed E-state index contributed by atoms with van der Waals surface area (Å²) < 4.78 is 0. The average molecular weight is 318 g/mol. The number of hydrogen-bond acceptors (Lipinski definition) is 3. The molecular weight excluding hydrogens is 288 g/mol. The molecule has 0 atom stereocenters. The Kier molecular flexibility index (Phi) is 7.56. The zero-order valence-corrected chi connectivity index (χ0v) is 14.3. The van der Waals surface area contributed by atoms with Crippen LogP contribution in [0.5, 0.6) is 0 Å². The normalized spacial score (nSPS) is 16.4. The van der Waals surface area contributed by atoms with Gasteiger partial charge in [0.2, 0.25) is 5.91 Å². The highest BCUT2D eigenvalue weighted by molar-refractivity contribution is 5.78. The Morgan fingerprint density at radius 1 is 1.17 bits per heavy atom. The maximum atomic E-state index is 12.3. The smallest absolute Gasteiger partial charge is 0.223 e. The van der Waals surface area contributed by atoms with Crippen molar-refractivity contribution in [1.82, 2.24) is 10.2 Å². The van der Waals surface area contributed by atoms with Crippen LogP contribution < -0.4 is 5.32 Å². The lowest BCUT2D eigenvalue weighted by Gasteiger charge is -2.31. The molecule has 0 bridgehead atoms. The summed E-state index contributed by atoms with van der Waals surface area (Å²) in [5.74, 6) is 0.361. The maximum Gasteiger partial charge on any atom is 0.223 e. The quantitative estimate of drug-likeness (QED) is 0.724. The van der Waals surface area contributed by atoms with Gasteiger partial charge in [-0.2, -0.15) is 0 Å². The topological polar surface area (TPSA) is 52.6 Å². The van der Waals surface area contributed by atoms with Crippen LogP contribution in [0.3, 0.4) is 0 Å². The van der Waals surface area contributed by atoms with Gasteiger partial charge in [-0.3, -0.25) is 4.79 Å². The molecule has 1 aromatic rings. The lowest BCUT2D eigenvalue weighted by Crippen LogP contribution is -2.40. The zero-order chi connectivity index (χ0) is 16.5.